The SMILES string of the molecule is Cc1cc(-c2ncc(C(F)(F)F)cc2Cl)ccc1CBr. The number of halogens is 5. The monoisotopic (exact) mass is 363 g/mol. The Morgan fingerprint density at radius 1 is 1.25 bits per heavy atom. The number of aromatic nitrogens is 1. The lowest BCUT2D eigenvalue weighted by Gasteiger charge is -2.10. The fourth-order valence-corrected chi connectivity index (χ4v) is 2.70. The van der Waals surface area contributed by atoms with Crippen LogP contribution in [0.15, 0.2) is 30.5 Å². The zero-order valence-corrected chi connectivity index (χ0v) is 12.8. The van der Waals surface area contributed by atoms with Crippen LogP contribution in [0, 0.1) is 6.92 Å². The zero-order chi connectivity index (χ0) is 14.9. The van der Waals surface area contributed by atoms with Crippen LogP contribution in [0.4, 0.5) is 13.2 Å². The van der Waals surface area contributed by atoms with Crippen molar-refractivity contribution in [2.45, 2.75) is 18.4 Å². The smallest absolute Gasteiger partial charge is 0.254 e. The van der Waals surface area contributed by atoms with Crippen molar-refractivity contribution in [3.05, 3.63) is 52.2 Å². The van der Waals surface area contributed by atoms with Gasteiger partial charge in [-0.2, -0.15) is 13.2 Å². The summed E-state index contributed by atoms with van der Waals surface area (Å²) in [5, 5.41) is 0.707. The highest BCUT2D eigenvalue weighted by Gasteiger charge is 2.31. The van der Waals surface area contributed by atoms with E-state index < -0.39 is 11.7 Å². The minimum atomic E-state index is -4.44. The first-order valence-electron chi connectivity index (χ1n) is 5.71. The number of pyridine rings is 1. The van der Waals surface area contributed by atoms with Gasteiger partial charge < -0.3 is 0 Å². The fraction of sp³-hybridized carbons (Fsp3) is 0.214. The lowest BCUT2D eigenvalue weighted by Crippen LogP contribution is -2.05. The summed E-state index contributed by atoms with van der Waals surface area (Å²) in [6, 6.07) is 6.45. The lowest BCUT2D eigenvalue weighted by molar-refractivity contribution is -0.137. The second kappa shape index (κ2) is 5.74. The van der Waals surface area contributed by atoms with E-state index in [2.05, 4.69) is 20.9 Å². The van der Waals surface area contributed by atoms with E-state index in [9.17, 15) is 13.2 Å². The zero-order valence-electron chi connectivity index (χ0n) is 10.4. The molecule has 0 radical (unpaired) electrons. The molecule has 20 heavy (non-hydrogen) atoms. The van der Waals surface area contributed by atoms with Gasteiger partial charge >= 0.3 is 6.18 Å². The molecule has 6 heteroatoms. The molecule has 1 aromatic heterocycles. The summed E-state index contributed by atoms with van der Waals surface area (Å²) in [6.45, 7) is 1.93. The number of hydrogen-bond donors (Lipinski definition) is 0. The third-order valence-electron chi connectivity index (χ3n) is 2.93. The van der Waals surface area contributed by atoms with Crippen molar-refractivity contribution >= 4 is 27.5 Å². The molecule has 106 valence electrons. The molecule has 0 aliphatic rings. The third kappa shape index (κ3) is 3.15. The van der Waals surface area contributed by atoms with Gasteiger partial charge in [0.1, 0.15) is 0 Å². The van der Waals surface area contributed by atoms with Crippen molar-refractivity contribution < 1.29 is 13.2 Å². The van der Waals surface area contributed by atoms with Crippen LogP contribution in [-0.4, -0.2) is 4.98 Å². The molecule has 1 nitrogen and oxygen atoms in total. The molecule has 0 amide bonds. The van der Waals surface area contributed by atoms with Crippen LogP contribution in [0.2, 0.25) is 5.02 Å². The summed E-state index contributed by atoms with van der Waals surface area (Å²) < 4.78 is 37.7. The van der Waals surface area contributed by atoms with Gasteiger partial charge in [0.25, 0.3) is 0 Å². The van der Waals surface area contributed by atoms with Gasteiger partial charge in [-0.1, -0.05) is 39.7 Å². The Morgan fingerprint density at radius 3 is 2.45 bits per heavy atom. The molecule has 0 saturated heterocycles. The Bertz CT molecular complexity index is 641. The molecule has 0 atom stereocenters. The minimum Gasteiger partial charge on any atom is -0.254 e. The highest BCUT2D eigenvalue weighted by atomic mass is 79.9. The second-order valence-electron chi connectivity index (χ2n) is 4.33. The maximum absolute atomic E-state index is 12.6. The van der Waals surface area contributed by atoms with Gasteiger partial charge in [-0.15, -0.1) is 0 Å². The molecular weight excluding hydrogens is 355 g/mol. The molecule has 1 heterocycles. The van der Waals surface area contributed by atoms with Crippen molar-refractivity contribution in [2.75, 3.05) is 0 Å². The van der Waals surface area contributed by atoms with Gasteiger partial charge in [-0.05, 0) is 30.2 Å². The molecular formula is C14H10BrClF3N. The summed E-state index contributed by atoms with van der Waals surface area (Å²) in [5.74, 6) is 0. The predicted molar refractivity (Wildman–Crippen MR) is 77.1 cm³/mol. The maximum atomic E-state index is 12.6. The third-order valence-corrected chi connectivity index (χ3v) is 3.82. The molecule has 2 rings (SSSR count). The molecule has 0 saturated carbocycles. The van der Waals surface area contributed by atoms with E-state index in [1.165, 1.54) is 0 Å². The number of nitrogens with zero attached hydrogens (tertiary/aromatic N) is 1. The summed E-state index contributed by atoms with van der Waals surface area (Å²) in [6.07, 6.45) is -3.64. The quantitative estimate of drug-likeness (QED) is 0.630. The van der Waals surface area contributed by atoms with Crippen LogP contribution in [0.25, 0.3) is 11.3 Å². The highest BCUT2D eigenvalue weighted by Crippen LogP contribution is 2.34. The Balaban J connectivity index is 2.46. The van der Waals surface area contributed by atoms with Crippen LogP contribution >= 0.6 is 27.5 Å². The predicted octanol–water partition coefficient (Wildman–Crippen LogP) is 5.62. The Hall–Kier alpha value is -1.07. The summed E-state index contributed by atoms with van der Waals surface area (Å²) in [5.41, 5.74) is 2.34. The first kappa shape index (κ1) is 15.3. The number of hydrogen-bond acceptors (Lipinski definition) is 1. The van der Waals surface area contributed by atoms with Crippen LogP contribution in [0.5, 0.6) is 0 Å². The van der Waals surface area contributed by atoms with Gasteiger partial charge in [0, 0.05) is 17.1 Å². The fourth-order valence-electron chi connectivity index (χ4n) is 1.80. The van der Waals surface area contributed by atoms with Gasteiger partial charge in [-0.3, -0.25) is 4.98 Å². The van der Waals surface area contributed by atoms with E-state index >= 15 is 0 Å². The number of aryl methyl sites for hydroxylation is 1. The Morgan fingerprint density at radius 2 is 1.95 bits per heavy atom. The summed E-state index contributed by atoms with van der Waals surface area (Å²) in [4.78, 5) is 3.85. The van der Waals surface area contributed by atoms with Crippen molar-refractivity contribution in [1.29, 1.82) is 0 Å². The van der Waals surface area contributed by atoms with E-state index in [1.807, 2.05) is 19.1 Å². The normalized spacial score (nSPS) is 11.7. The maximum Gasteiger partial charge on any atom is 0.417 e. The highest BCUT2D eigenvalue weighted by molar-refractivity contribution is 9.08. The van der Waals surface area contributed by atoms with Crippen LogP contribution < -0.4 is 0 Å². The number of alkyl halides is 4. The lowest BCUT2D eigenvalue weighted by atomic mass is 10.0. The molecule has 2 aromatic rings. The van der Waals surface area contributed by atoms with Crippen molar-refractivity contribution in [3.8, 4) is 11.3 Å². The van der Waals surface area contributed by atoms with Crippen molar-refractivity contribution in [2.24, 2.45) is 0 Å². The molecule has 1 aromatic carbocycles. The first-order chi connectivity index (χ1) is 9.32. The standard InChI is InChI=1S/C14H10BrClF3N/c1-8-4-9(2-3-10(8)6-15)13-12(16)5-11(7-20-13)14(17,18)19/h2-5,7H,6H2,1H3. The average Bonchev–Trinajstić information content (AvgIpc) is 2.37. The molecule has 0 aliphatic carbocycles. The van der Waals surface area contributed by atoms with Gasteiger partial charge in [0.15, 0.2) is 0 Å². The number of rotatable bonds is 2. The van der Waals surface area contributed by atoms with E-state index in [0.29, 0.717) is 16.6 Å². The topological polar surface area (TPSA) is 12.9 Å². The van der Waals surface area contributed by atoms with E-state index in [0.717, 1.165) is 23.4 Å². The van der Waals surface area contributed by atoms with Crippen LogP contribution in [0.1, 0.15) is 16.7 Å². The molecule has 0 fully saturated rings. The van der Waals surface area contributed by atoms with Gasteiger partial charge in [-0.25, -0.2) is 0 Å². The van der Waals surface area contributed by atoms with E-state index in [4.69, 9.17) is 11.6 Å². The van der Waals surface area contributed by atoms with Gasteiger partial charge in [0.2, 0.25) is 0 Å². The molecule has 0 aliphatic heterocycles. The van der Waals surface area contributed by atoms with Crippen molar-refractivity contribution in [1.82, 2.24) is 4.98 Å². The second-order valence-corrected chi connectivity index (χ2v) is 5.30. The Kier molecular flexibility index (Phi) is 4.39. The van der Waals surface area contributed by atoms with Crippen molar-refractivity contribution in [3.63, 3.8) is 0 Å². The summed E-state index contributed by atoms with van der Waals surface area (Å²) >= 11 is 9.29. The first-order valence-corrected chi connectivity index (χ1v) is 7.21. The van der Waals surface area contributed by atoms with Gasteiger partial charge in [0.05, 0.1) is 16.3 Å². The molecule has 0 N–H and O–H groups in total. The molecule has 0 bridgehead atoms. The van der Waals surface area contributed by atoms with E-state index in [-0.39, 0.29) is 5.02 Å². The number of benzene rings is 1. The molecule has 0 unspecified atom stereocenters. The Labute approximate surface area is 127 Å². The van der Waals surface area contributed by atoms with Crippen LogP contribution in [-0.2, 0) is 11.5 Å². The average molecular weight is 365 g/mol. The molecule has 0 spiro atoms. The minimum absolute atomic E-state index is 0.00850. The summed E-state index contributed by atoms with van der Waals surface area (Å²) in [7, 11) is 0. The largest absolute Gasteiger partial charge is 0.417 e. The van der Waals surface area contributed by atoms with E-state index in [1.54, 1.807) is 6.07 Å². The van der Waals surface area contributed by atoms with Crippen LogP contribution in [0.3, 0.4) is 0 Å².